The maximum absolute atomic E-state index is 15.1. The van der Waals surface area contributed by atoms with Crippen molar-refractivity contribution in [2.75, 3.05) is 31.8 Å². The van der Waals surface area contributed by atoms with Gasteiger partial charge in [-0.25, -0.2) is 23.5 Å². The molecule has 0 radical (unpaired) electrons. The molecular formula is C29H30F2N6O5. The van der Waals surface area contributed by atoms with Crippen LogP contribution in [0.4, 0.5) is 14.5 Å². The molecule has 1 amide bonds. The molecule has 1 aromatic carbocycles. The number of pyridine rings is 1. The van der Waals surface area contributed by atoms with E-state index in [4.69, 9.17) is 9.47 Å². The van der Waals surface area contributed by atoms with Gasteiger partial charge >= 0.3 is 5.97 Å². The van der Waals surface area contributed by atoms with Crippen molar-refractivity contribution < 1.29 is 27.8 Å². The minimum absolute atomic E-state index is 0.0998. The van der Waals surface area contributed by atoms with Crippen molar-refractivity contribution in [1.29, 1.82) is 0 Å². The van der Waals surface area contributed by atoms with Gasteiger partial charge in [0.25, 0.3) is 11.5 Å². The molecular weight excluding hydrogens is 550 g/mol. The van der Waals surface area contributed by atoms with Crippen LogP contribution >= 0.6 is 0 Å². The number of benzene rings is 1. The average molecular weight is 581 g/mol. The number of rotatable bonds is 7. The molecule has 3 aromatic heterocycles. The average Bonchev–Trinajstić information content (AvgIpc) is 3.45. The Labute approximate surface area is 239 Å². The van der Waals surface area contributed by atoms with Crippen LogP contribution in [0, 0.1) is 18.6 Å². The number of methoxy groups -OCH3 is 1. The molecule has 0 bridgehead atoms. The van der Waals surface area contributed by atoms with Crippen molar-refractivity contribution in [1.82, 2.24) is 24.3 Å². The molecule has 1 saturated heterocycles. The van der Waals surface area contributed by atoms with Gasteiger partial charge in [0.05, 0.1) is 26.0 Å². The van der Waals surface area contributed by atoms with Crippen molar-refractivity contribution in [3.8, 4) is 11.3 Å². The predicted molar refractivity (Wildman–Crippen MR) is 149 cm³/mol. The number of hydrogen-bond acceptors (Lipinski definition) is 8. The van der Waals surface area contributed by atoms with Crippen LogP contribution in [0.3, 0.4) is 0 Å². The zero-order valence-corrected chi connectivity index (χ0v) is 23.6. The summed E-state index contributed by atoms with van der Waals surface area (Å²) in [5, 5.41) is 2.42. The second-order valence-electron chi connectivity index (χ2n) is 10.2. The van der Waals surface area contributed by atoms with E-state index in [9.17, 15) is 14.4 Å². The highest BCUT2D eigenvalue weighted by atomic mass is 19.1. The van der Waals surface area contributed by atoms with Crippen LogP contribution in [0.25, 0.3) is 16.9 Å². The number of imidazole rings is 1. The number of carbonyl (C=O) groups is 2. The Kier molecular flexibility index (Phi) is 8.03. The molecule has 13 heteroatoms. The normalized spacial score (nSPS) is 16.0. The van der Waals surface area contributed by atoms with Crippen LogP contribution in [0.2, 0.25) is 0 Å². The van der Waals surface area contributed by atoms with Gasteiger partial charge in [-0.15, -0.1) is 0 Å². The predicted octanol–water partition coefficient (Wildman–Crippen LogP) is 2.42. The molecule has 220 valence electrons. The molecule has 1 N–H and O–H groups in total. The number of amides is 1. The number of carbonyl (C=O) groups excluding carboxylic acids is 2. The molecule has 11 nitrogen and oxygen atoms in total. The van der Waals surface area contributed by atoms with Gasteiger partial charge in [-0.1, -0.05) is 0 Å². The van der Waals surface area contributed by atoms with Crippen molar-refractivity contribution in [3.63, 3.8) is 0 Å². The number of hydrogen-bond donors (Lipinski definition) is 1. The highest BCUT2D eigenvalue weighted by Gasteiger charge is 2.29. The molecule has 2 atom stereocenters. The first-order valence-corrected chi connectivity index (χ1v) is 13.3. The lowest BCUT2D eigenvalue weighted by Gasteiger charge is -2.35. The fourth-order valence-electron chi connectivity index (χ4n) is 5.18. The zero-order chi connectivity index (χ0) is 30.1. The molecule has 0 unspecified atom stereocenters. The quantitative estimate of drug-likeness (QED) is 0.331. The summed E-state index contributed by atoms with van der Waals surface area (Å²) < 4.78 is 43.6. The van der Waals surface area contributed by atoms with E-state index in [-0.39, 0.29) is 23.7 Å². The molecule has 0 spiro atoms. The Morgan fingerprint density at radius 2 is 1.98 bits per heavy atom. The number of esters is 1. The van der Waals surface area contributed by atoms with Gasteiger partial charge < -0.3 is 28.7 Å². The van der Waals surface area contributed by atoms with E-state index in [1.54, 1.807) is 47.8 Å². The van der Waals surface area contributed by atoms with Crippen LogP contribution in [0.15, 0.2) is 47.7 Å². The topological polar surface area (TPSA) is 120 Å². The molecule has 0 aliphatic carbocycles. The summed E-state index contributed by atoms with van der Waals surface area (Å²) in [6.45, 7) is 4.92. The molecule has 0 saturated carbocycles. The molecule has 1 aliphatic heterocycles. The van der Waals surface area contributed by atoms with E-state index in [1.807, 2.05) is 6.92 Å². The standard InChI is InChI=1S/C29H30F2N6O5/c1-16-14-35(3)28(39)25(33-16)20-6-5-18(37-8-7-32-26(20)37)13-23(29(40)41-4)34-27(38)24-21(30)11-19(12-22(24)31)36-9-10-42-15-17(36)2/h5-8,11-12,14,17,23H,9-10,13,15H2,1-4H3,(H,34,38)/t17-,23-/m0/s1. The second kappa shape index (κ2) is 11.7. The van der Waals surface area contributed by atoms with E-state index in [2.05, 4.69) is 15.3 Å². The van der Waals surface area contributed by atoms with Gasteiger partial charge in [0.1, 0.15) is 34.6 Å². The molecule has 1 aliphatic rings. The fraction of sp³-hybridized carbons (Fsp3) is 0.345. The third kappa shape index (κ3) is 5.47. The lowest BCUT2D eigenvalue weighted by Crippen LogP contribution is -2.44. The van der Waals surface area contributed by atoms with Gasteiger partial charge in [0, 0.05) is 61.6 Å². The number of nitrogens with zero attached hydrogens (tertiary/aromatic N) is 5. The van der Waals surface area contributed by atoms with Crippen LogP contribution in [0.5, 0.6) is 0 Å². The number of ether oxygens (including phenoxy) is 2. The molecule has 42 heavy (non-hydrogen) atoms. The smallest absolute Gasteiger partial charge is 0.328 e. The number of fused-ring (bicyclic) bond motifs is 1. The highest BCUT2D eigenvalue weighted by Crippen LogP contribution is 2.26. The Morgan fingerprint density at radius 3 is 2.67 bits per heavy atom. The van der Waals surface area contributed by atoms with Crippen molar-refractivity contribution in [2.45, 2.75) is 32.4 Å². The largest absolute Gasteiger partial charge is 0.467 e. The summed E-state index contributed by atoms with van der Waals surface area (Å²) in [5.74, 6) is -4.03. The lowest BCUT2D eigenvalue weighted by molar-refractivity contribution is -0.142. The van der Waals surface area contributed by atoms with Crippen LogP contribution in [-0.2, 0) is 27.7 Å². The molecule has 1 fully saturated rings. The van der Waals surface area contributed by atoms with E-state index in [0.29, 0.717) is 48.0 Å². The Hall–Kier alpha value is -4.65. The summed E-state index contributed by atoms with van der Waals surface area (Å²) in [5.41, 5.74) is 1.42. The maximum Gasteiger partial charge on any atom is 0.328 e. The summed E-state index contributed by atoms with van der Waals surface area (Å²) in [6.07, 6.45) is 4.68. The molecule has 4 aromatic rings. The summed E-state index contributed by atoms with van der Waals surface area (Å²) in [6, 6.07) is 4.13. The van der Waals surface area contributed by atoms with Gasteiger partial charge in [0.15, 0.2) is 0 Å². The number of morpholine rings is 1. The first kappa shape index (κ1) is 28.9. The first-order chi connectivity index (χ1) is 20.1. The number of aromatic nitrogens is 4. The van der Waals surface area contributed by atoms with E-state index < -0.39 is 35.1 Å². The molecule has 5 rings (SSSR count). The highest BCUT2D eigenvalue weighted by molar-refractivity contribution is 5.97. The SMILES string of the molecule is COC(=O)[C@H](Cc1ccc(-c2nc(C)cn(C)c2=O)c2nccn12)NC(=O)c1c(F)cc(N2CCOC[C@@H]2C)cc1F. The number of aryl methyl sites for hydroxylation is 2. The van der Waals surface area contributed by atoms with Crippen LogP contribution < -0.4 is 15.8 Å². The first-order valence-electron chi connectivity index (χ1n) is 13.3. The van der Waals surface area contributed by atoms with Gasteiger partial charge in [-0.3, -0.25) is 9.59 Å². The second-order valence-corrected chi connectivity index (χ2v) is 10.2. The number of nitrogens with one attached hydrogen (secondary N) is 1. The molecule has 4 heterocycles. The summed E-state index contributed by atoms with van der Waals surface area (Å²) in [7, 11) is 2.78. The zero-order valence-electron chi connectivity index (χ0n) is 23.6. The summed E-state index contributed by atoms with van der Waals surface area (Å²) in [4.78, 5) is 49.2. The van der Waals surface area contributed by atoms with Gasteiger partial charge in [-0.05, 0) is 38.1 Å². The van der Waals surface area contributed by atoms with Crippen molar-refractivity contribution in [3.05, 3.63) is 81.8 Å². The maximum atomic E-state index is 15.1. The van der Waals surface area contributed by atoms with Crippen molar-refractivity contribution >= 4 is 23.2 Å². The van der Waals surface area contributed by atoms with Crippen molar-refractivity contribution in [2.24, 2.45) is 7.05 Å². The van der Waals surface area contributed by atoms with Crippen LogP contribution in [0.1, 0.15) is 28.7 Å². The van der Waals surface area contributed by atoms with Gasteiger partial charge in [-0.2, -0.15) is 0 Å². The minimum Gasteiger partial charge on any atom is -0.467 e. The number of halogens is 2. The third-order valence-corrected chi connectivity index (χ3v) is 7.24. The van der Waals surface area contributed by atoms with E-state index in [0.717, 1.165) is 19.2 Å². The minimum atomic E-state index is -1.29. The fourth-order valence-corrected chi connectivity index (χ4v) is 5.18. The third-order valence-electron chi connectivity index (χ3n) is 7.24. The van der Waals surface area contributed by atoms with E-state index in [1.165, 1.54) is 10.8 Å². The lowest BCUT2D eigenvalue weighted by atomic mass is 10.1. The Balaban J connectivity index is 1.44. The Bertz CT molecular complexity index is 1710. The Morgan fingerprint density at radius 1 is 1.24 bits per heavy atom. The monoisotopic (exact) mass is 580 g/mol. The van der Waals surface area contributed by atoms with Crippen LogP contribution in [-0.4, -0.2) is 69.8 Å². The number of anilines is 1. The summed E-state index contributed by atoms with van der Waals surface area (Å²) >= 11 is 0. The van der Waals surface area contributed by atoms with E-state index >= 15 is 8.78 Å². The van der Waals surface area contributed by atoms with Gasteiger partial charge in [0.2, 0.25) is 0 Å².